The zero-order valence-electron chi connectivity index (χ0n) is 13.7. The van der Waals surface area contributed by atoms with Gasteiger partial charge < -0.3 is 5.32 Å². The van der Waals surface area contributed by atoms with Gasteiger partial charge in [0, 0.05) is 12.2 Å². The van der Waals surface area contributed by atoms with Crippen LogP contribution in [0.3, 0.4) is 0 Å². The lowest BCUT2D eigenvalue weighted by Gasteiger charge is -2.22. The number of nitrogens with one attached hydrogen (secondary N) is 1. The van der Waals surface area contributed by atoms with Crippen molar-refractivity contribution in [1.29, 1.82) is 0 Å². The molecule has 1 amide bonds. The molecule has 3 rings (SSSR count). The highest BCUT2D eigenvalue weighted by atomic mass is 32.2. The molecule has 7 heteroatoms. The number of amides is 1. The van der Waals surface area contributed by atoms with Crippen LogP contribution < -0.4 is 5.32 Å². The van der Waals surface area contributed by atoms with Crippen molar-refractivity contribution in [3.05, 3.63) is 46.8 Å². The number of nitrogens with zero attached hydrogens (tertiary/aromatic N) is 1. The Bertz CT molecular complexity index is 824. The second-order valence-corrected chi connectivity index (χ2v) is 9.14. The monoisotopic (exact) mass is 364 g/mol. The van der Waals surface area contributed by atoms with Gasteiger partial charge in [0.1, 0.15) is 10.3 Å². The fraction of sp³-hybridized carbons (Fsp3) is 0.353. The molecular formula is C17H20N2O3S2. The molecule has 1 aromatic heterocycles. The van der Waals surface area contributed by atoms with Crippen molar-refractivity contribution in [2.24, 2.45) is 0 Å². The molecule has 0 aliphatic carbocycles. The van der Waals surface area contributed by atoms with Gasteiger partial charge >= 0.3 is 0 Å². The third-order valence-corrected chi connectivity index (χ3v) is 7.33. The third kappa shape index (κ3) is 3.38. The number of aryl methyl sites for hydroxylation is 2. The summed E-state index contributed by atoms with van der Waals surface area (Å²) < 4.78 is 27.1. The smallest absolute Gasteiger partial charge is 0.253 e. The summed E-state index contributed by atoms with van der Waals surface area (Å²) in [5, 5.41) is 4.60. The third-order valence-electron chi connectivity index (χ3n) is 4.05. The van der Waals surface area contributed by atoms with Gasteiger partial charge in [-0.3, -0.25) is 4.79 Å². The molecule has 0 saturated carbocycles. The first-order chi connectivity index (χ1) is 11.4. The van der Waals surface area contributed by atoms with Crippen molar-refractivity contribution in [3.63, 3.8) is 0 Å². The lowest BCUT2D eigenvalue weighted by molar-refractivity contribution is -0.119. The molecule has 0 unspecified atom stereocenters. The van der Waals surface area contributed by atoms with Crippen molar-refractivity contribution >= 4 is 33.0 Å². The average Bonchev–Trinajstić information content (AvgIpc) is 3.18. The number of thiophene rings is 1. The Morgan fingerprint density at radius 2 is 1.96 bits per heavy atom. The van der Waals surface area contributed by atoms with Crippen LogP contribution in [0.25, 0.3) is 0 Å². The van der Waals surface area contributed by atoms with Gasteiger partial charge in [-0.2, -0.15) is 4.31 Å². The quantitative estimate of drug-likeness (QED) is 0.906. The van der Waals surface area contributed by atoms with Crippen molar-refractivity contribution in [3.8, 4) is 0 Å². The van der Waals surface area contributed by atoms with E-state index in [-0.39, 0.29) is 10.1 Å². The van der Waals surface area contributed by atoms with E-state index in [0.29, 0.717) is 25.1 Å². The summed E-state index contributed by atoms with van der Waals surface area (Å²) in [6.45, 7) is 4.31. The number of hydrogen-bond acceptors (Lipinski definition) is 4. The molecule has 1 aliphatic heterocycles. The molecule has 0 radical (unpaired) electrons. The minimum Gasteiger partial charge on any atom is -0.325 e. The summed E-state index contributed by atoms with van der Waals surface area (Å²) in [5.41, 5.74) is 2.82. The number of carbonyl (C=O) groups excluding carboxylic acids is 1. The van der Waals surface area contributed by atoms with Gasteiger partial charge in [0.15, 0.2) is 0 Å². The minimum absolute atomic E-state index is 0.266. The summed E-state index contributed by atoms with van der Waals surface area (Å²) >= 11 is 1.18. The standard InChI is InChI=1S/C17H20N2O3S2/c1-12-9-13(2)11-14(10-12)18-17(20)15-5-3-7-19(15)24(21,22)16-6-4-8-23-16/h4,6,8-11,15H,3,5,7H2,1-2H3,(H,18,20)/t15-/m1/s1. The summed E-state index contributed by atoms with van der Waals surface area (Å²) in [4.78, 5) is 12.7. The van der Waals surface area contributed by atoms with Crippen LogP contribution in [0, 0.1) is 13.8 Å². The van der Waals surface area contributed by atoms with E-state index in [0.717, 1.165) is 11.1 Å². The molecule has 5 nitrogen and oxygen atoms in total. The van der Waals surface area contributed by atoms with Crippen LogP contribution in [-0.4, -0.2) is 31.2 Å². The Morgan fingerprint density at radius 3 is 2.58 bits per heavy atom. The van der Waals surface area contributed by atoms with Gasteiger partial charge in [-0.25, -0.2) is 8.42 Å². The van der Waals surface area contributed by atoms with Crippen LogP contribution >= 0.6 is 11.3 Å². The highest BCUT2D eigenvalue weighted by Crippen LogP contribution is 2.29. The van der Waals surface area contributed by atoms with Crippen LogP contribution in [-0.2, 0) is 14.8 Å². The maximum Gasteiger partial charge on any atom is 0.253 e. The van der Waals surface area contributed by atoms with Gasteiger partial charge in [0.25, 0.3) is 10.0 Å². The second-order valence-electron chi connectivity index (χ2n) is 6.07. The topological polar surface area (TPSA) is 66.5 Å². The molecule has 1 N–H and O–H groups in total. The Hall–Kier alpha value is -1.70. The predicted octanol–water partition coefficient (Wildman–Crippen LogP) is 3.16. The Balaban J connectivity index is 1.81. The molecule has 128 valence electrons. The molecule has 0 bridgehead atoms. The van der Waals surface area contributed by atoms with E-state index in [1.165, 1.54) is 15.6 Å². The molecule has 1 saturated heterocycles. The second kappa shape index (κ2) is 6.66. The molecule has 2 heterocycles. The van der Waals surface area contributed by atoms with E-state index in [1.54, 1.807) is 17.5 Å². The number of benzene rings is 1. The lowest BCUT2D eigenvalue weighted by Crippen LogP contribution is -2.42. The van der Waals surface area contributed by atoms with E-state index in [4.69, 9.17) is 0 Å². The Labute approximate surface area is 146 Å². The Kier molecular flexibility index (Phi) is 4.76. The van der Waals surface area contributed by atoms with Gasteiger partial charge in [0.05, 0.1) is 0 Å². The molecule has 24 heavy (non-hydrogen) atoms. The largest absolute Gasteiger partial charge is 0.325 e. The normalized spacial score (nSPS) is 18.7. The highest BCUT2D eigenvalue weighted by molar-refractivity contribution is 7.91. The van der Waals surface area contributed by atoms with E-state index >= 15 is 0 Å². The Morgan fingerprint density at radius 1 is 1.25 bits per heavy atom. The zero-order chi connectivity index (χ0) is 17.3. The molecule has 1 aromatic carbocycles. The van der Waals surface area contributed by atoms with Crippen LogP contribution in [0.5, 0.6) is 0 Å². The van der Waals surface area contributed by atoms with Crippen molar-refractivity contribution < 1.29 is 13.2 Å². The van der Waals surface area contributed by atoms with Gasteiger partial charge in [-0.1, -0.05) is 12.1 Å². The van der Waals surface area contributed by atoms with Crippen LogP contribution in [0.2, 0.25) is 0 Å². The van der Waals surface area contributed by atoms with Gasteiger partial charge in [0.2, 0.25) is 5.91 Å². The summed E-state index contributed by atoms with van der Waals surface area (Å²) in [6.07, 6.45) is 1.23. The number of rotatable bonds is 4. The molecule has 1 atom stereocenters. The SMILES string of the molecule is Cc1cc(C)cc(NC(=O)[C@H]2CCCN2S(=O)(=O)c2cccs2)c1. The minimum atomic E-state index is -3.61. The van der Waals surface area contributed by atoms with Crippen molar-refractivity contribution in [2.45, 2.75) is 36.9 Å². The lowest BCUT2D eigenvalue weighted by atomic mass is 10.1. The van der Waals surface area contributed by atoms with Gasteiger partial charge in [-0.15, -0.1) is 11.3 Å². The first-order valence-electron chi connectivity index (χ1n) is 7.82. The van der Waals surface area contributed by atoms with E-state index in [2.05, 4.69) is 5.32 Å². The number of hydrogen-bond donors (Lipinski definition) is 1. The van der Waals surface area contributed by atoms with Crippen LogP contribution in [0.4, 0.5) is 5.69 Å². The molecular weight excluding hydrogens is 344 g/mol. The van der Waals surface area contributed by atoms with Crippen LogP contribution in [0.15, 0.2) is 39.9 Å². The van der Waals surface area contributed by atoms with Crippen molar-refractivity contribution in [2.75, 3.05) is 11.9 Å². The molecule has 0 spiro atoms. The first-order valence-corrected chi connectivity index (χ1v) is 10.1. The first kappa shape index (κ1) is 17.1. The fourth-order valence-corrected chi connectivity index (χ4v) is 5.86. The number of sulfonamides is 1. The van der Waals surface area contributed by atoms with Crippen molar-refractivity contribution in [1.82, 2.24) is 4.31 Å². The zero-order valence-corrected chi connectivity index (χ0v) is 15.3. The number of anilines is 1. The van der Waals surface area contributed by atoms with Gasteiger partial charge in [-0.05, 0) is 61.4 Å². The summed E-state index contributed by atoms with van der Waals surface area (Å²) in [6, 6.07) is 8.43. The predicted molar refractivity (Wildman–Crippen MR) is 95.8 cm³/mol. The molecule has 1 fully saturated rings. The molecule has 2 aromatic rings. The van der Waals surface area contributed by atoms with E-state index in [1.807, 2.05) is 32.0 Å². The van der Waals surface area contributed by atoms with E-state index in [9.17, 15) is 13.2 Å². The number of carbonyl (C=O) groups is 1. The average molecular weight is 364 g/mol. The summed E-state index contributed by atoms with van der Waals surface area (Å²) in [7, 11) is -3.61. The molecule has 1 aliphatic rings. The van der Waals surface area contributed by atoms with Crippen LogP contribution in [0.1, 0.15) is 24.0 Å². The van der Waals surface area contributed by atoms with E-state index < -0.39 is 16.1 Å². The fourth-order valence-electron chi connectivity index (χ4n) is 3.09. The maximum atomic E-state index is 12.7. The maximum absolute atomic E-state index is 12.7. The highest BCUT2D eigenvalue weighted by Gasteiger charge is 2.39. The summed E-state index contributed by atoms with van der Waals surface area (Å²) in [5.74, 6) is -0.266.